The number of phenols is 1. The number of aromatic hydroxyl groups is 1. The zero-order chi connectivity index (χ0) is 42.1. The second-order valence-electron chi connectivity index (χ2n) is 17.8. The van der Waals surface area contributed by atoms with E-state index in [1.165, 1.54) is 94.2 Å². The average molecular weight is 803 g/mol. The lowest BCUT2D eigenvalue weighted by Crippen LogP contribution is -2.35. The summed E-state index contributed by atoms with van der Waals surface area (Å²) in [7, 11) is 3.41. The molecule has 3 aliphatic rings. The molecule has 1 aliphatic heterocycles. The second kappa shape index (κ2) is 14.7. The molecule has 0 saturated heterocycles. The van der Waals surface area contributed by atoms with E-state index in [-0.39, 0.29) is 16.6 Å². The highest BCUT2D eigenvalue weighted by Gasteiger charge is 2.45. The van der Waals surface area contributed by atoms with Crippen LogP contribution in [0.5, 0.6) is 23.0 Å². The molecule has 0 aromatic heterocycles. The van der Waals surface area contributed by atoms with Crippen molar-refractivity contribution in [2.45, 2.75) is 82.7 Å². The number of hydrogen-bond acceptors (Lipinski definition) is 4. The third kappa shape index (κ3) is 5.86. The van der Waals surface area contributed by atoms with Gasteiger partial charge in [-0.3, -0.25) is 0 Å². The van der Waals surface area contributed by atoms with Gasteiger partial charge in [-0.2, -0.15) is 0 Å². The van der Waals surface area contributed by atoms with E-state index >= 15 is 0 Å². The molecule has 0 radical (unpaired) electrons. The van der Waals surface area contributed by atoms with Gasteiger partial charge in [-0.25, -0.2) is 0 Å². The minimum atomic E-state index is -0.965. The molecule has 0 bridgehead atoms. The highest BCUT2D eigenvalue weighted by atomic mass is 16.5. The van der Waals surface area contributed by atoms with E-state index < -0.39 is 5.60 Å². The minimum absolute atomic E-state index is 0.0325. The fourth-order valence-electron chi connectivity index (χ4n) is 11.1. The smallest absolute Gasteiger partial charge is 0.178 e. The van der Waals surface area contributed by atoms with Crippen LogP contribution in [0.4, 0.5) is 0 Å². The molecular weight excluding hydrogens is 749 g/mol. The van der Waals surface area contributed by atoms with Crippen LogP contribution in [0.1, 0.15) is 105 Å². The van der Waals surface area contributed by atoms with Crippen LogP contribution in [0.15, 0.2) is 133 Å². The van der Waals surface area contributed by atoms with Crippen LogP contribution in [-0.2, 0) is 16.4 Å². The van der Waals surface area contributed by atoms with Crippen LogP contribution in [0, 0.1) is 0 Å². The molecule has 0 spiro atoms. The Morgan fingerprint density at radius 2 is 1.20 bits per heavy atom. The molecule has 2 aliphatic carbocycles. The lowest BCUT2D eigenvalue weighted by molar-refractivity contribution is 0.163. The van der Waals surface area contributed by atoms with E-state index in [9.17, 15) is 5.11 Å². The van der Waals surface area contributed by atoms with Crippen molar-refractivity contribution in [2.75, 3.05) is 14.2 Å². The monoisotopic (exact) mass is 802 g/mol. The van der Waals surface area contributed by atoms with Crippen molar-refractivity contribution in [3.8, 4) is 56.4 Å². The summed E-state index contributed by atoms with van der Waals surface area (Å²) in [5.74, 6) is 2.62. The Morgan fingerprint density at radius 3 is 1.87 bits per heavy atom. The number of ether oxygens (including phenoxy) is 3. The highest BCUT2D eigenvalue weighted by Crippen LogP contribution is 2.60. The van der Waals surface area contributed by atoms with Crippen LogP contribution in [0.2, 0.25) is 0 Å². The third-order valence-corrected chi connectivity index (χ3v) is 14.2. The van der Waals surface area contributed by atoms with Gasteiger partial charge in [-0.15, -0.1) is 0 Å². The Hall–Kier alpha value is -6.26. The number of hydrogen-bond donors (Lipinski definition) is 1. The van der Waals surface area contributed by atoms with Crippen LogP contribution in [-0.4, -0.2) is 19.3 Å². The van der Waals surface area contributed by atoms with Gasteiger partial charge < -0.3 is 19.3 Å². The lowest BCUT2D eigenvalue weighted by Gasteiger charge is -2.38. The topological polar surface area (TPSA) is 47.9 Å². The SMILES string of the molecule is CCCCC1(CCCC)c2ccccc2-c2ccc(-c3ccc4c(c3)C(C)(C)c3c5c(c6ccc(OC)cc6c3-4)OC(c3ccc(O)cc3)(c3ccc(OC)cc3)C=C5)cc21. The van der Waals surface area contributed by atoms with Crippen molar-refractivity contribution >= 4 is 16.8 Å². The standard InChI is InChI=1S/C57H54O4/c1-7-9-30-56(31-10-8-2)49-14-12-11-13-43(49)44-26-15-37(34-51(44)56)36-16-27-46-50(33-36)55(3,4)53-47-29-32-57(38-17-21-40(58)22-18-38,39-19-23-41(59-5)24-20-39)61-54(47)45-28-25-42(60-6)35-48(45)52(46)53/h11-29,32-35,58H,7-10,30-31H2,1-6H3. The molecule has 306 valence electrons. The predicted molar refractivity (Wildman–Crippen MR) is 250 cm³/mol. The molecule has 7 aromatic carbocycles. The largest absolute Gasteiger partial charge is 0.508 e. The Morgan fingerprint density at radius 1 is 0.590 bits per heavy atom. The van der Waals surface area contributed by atoms with E-state index in [0.717, 1.165) is 44.7 Å². The van der Waals surface area contributed by atoms with Crippen LogP contribution in [0.25, 0.3) is 50.2 Å². The van der Waals surface area contributed by atoms with E-state index in [0.29, 0.717) is 0 Å². The Bertz CT molecular complexity index is 2850. The Kier molecular flexibility index (Phi) is 9.40. The summed E-state index contributed by atoms with van der Waals surface area (Å²) in [6.07, 6.45) is 11.6. The molecule has 0 amide bonds. The quantitative estimate of drug-likeness (QED) is 0.142. The molecule has 1 atom stereocenters. The van der Waals surface area contributed by atoms with E-state index in [1.54, 1.807) is 26.4 Å². The number of benzene rings is 7. The molecule has 7 aromatic rings. The first-order valence-electron chi connectivity index (χ1n) is 22.1. The Balaban J connectivity index is 1.14. The molecule has 0 fully saturated rings. The number of unbranched alkanes of at least 4 members (excludes halogenated alkanes) is 2. The maximum absolute atomic E-state index is 10.3. The summed E-state index contributed by atoms with van der Waals surface area (Å²) in [5, 5.41) is 12.5. The zero-order valence-electron chi connectivity index (χ0n) is 36.2. The van der Waals surface area contributed by atoms with Crippen molar-refractivity contribution in [1.82, 2.24) is 0 Å². The number of phenolic OH excluding ortho intramolecular Hbond substituents is 1. The normalized spacial score (nSPS) is 17.2. The summed E-state index contributed by atoms with van der Waals surface area (Å²) in [6, 6.07) is 45.4. The maximum Gasteiger partial charge on any atom is 0.178 e. The Labute approximate surface area is 360 Å². The van der Waals surface area contributed by atoms with Crippen LogP contribution >= 0.6 is 0 Å². The average Bonchev–Trinajstić information content (AvgIpc) is 3.71. The van der Waals surface area contributed by atoms with Gasteiger partial charge in [0.15, 0.2) is 5.60 Å². The number of rotatable bonds is 11. The van der Waals surface area contributed by atoms with Crippen molar-refractivity contribution in [3.63, 3.8) is 0 Å². The first-order valence-corrected chi connectivity index (χ1v) is 22.1. The lowest BCUT2D eigenvalue weighted by atomic mass is 9.70. The van der Waals surface area contributed by atoms with Gasteiger partial charge in [0.05, 0.1) is 14.2 Å². The molecule has 1 N–H and O–H groups in total. The summed E-state index contributed by atoms with van der Waals surface area (Å²) in [4.78, 5) is 0. The van der Waals surface area contributed by atoms with E-state index in [4.69, 9.17) is 14.2 Å². The fourth-order valence-corrected chi connectivity index (χ4v) is 11.1. The van der Waals surface area contributed by atoms with Gasteiger partial charge >= 0.3 is 0 Å². The highest BCUT2D eigenvalue weighted by molar-refractivity contribution is 6.09. The van der Waals surface area contributed by atoms with E-state index in [2.05, 4.69) is 125 Å². The van der Waals surface area contributed by atoms with Crippen molar-refractivity contribution in [1.29, 1.82) is 0 Å². The van der Waals surface area contributed by atoms with Gasteiger partial charge in [0, 0.05) is 32.9 Å². The third-order valence-electron chi connectivity index (χ3n) is 14.2. The van der Waals surface area contributed by atoms with Gasteiger partial charge in [0.1, 0.15) is 23.0 Å². The van der Waals surface area contributed by atoms with Gasteiger partial charge in [-0.1, -0.05) is 132 Å². The molecule has 0 saturated carbocycles. The minimum Gasteiger partial charge on any atom is -0.508 e. The van der Waals surface area contributed by atoms with Crippen LogP contribution in [0.3, 0.4) is 0 Å². The summed E-state index contributed by atoms with van der Waals surface area (Å²) >= 11 is 0. The summed E-state index contributed by atoms with van der Waals surface area (Å²) in [5.41, 5.74) is 15.1. The zero-order valence-corrected chi connectivity index (χ0v) is 36.2. The molecule has 10 rings (SSSR count). The second-order valence-corrected chi connectivity index (χ2v) is 17.8. The number of methoxy groups -OCH3 is 2. The molecule has 1 heterocycles. The first-order chi connectivity index (χ1) is 29.7. The van der Waals surface area contributed by atoms with Crippen LogP contribution < -0.4 is 14.2 Å². The molecule has 4 nitrogen and oxygen atoms in total. The summed E-state index contributed by atoms with van der Waals surface area (Å²) < 4.78 is 18.9. The molecule has 61 heavy (non-hydrogen) atoms. The first kappa shape index (κ1) is 38.9. The van der Waals surface area contributed by atoms with Crippen molar-refractivity contribution in [3.05, 3.63) is 172 Å². The number of fused-ring (bicyclic) bond motifs is 11. The van der Waals surface area contributed by atoms with Crippen molar-refractivity contribution < 1.29 is 19.3 Å². The van der Waals surface area contributed by atoms with Gasteiger partial charge in [0.25, 0.3) is 0 Å². The van der Waals surface area contributed by atoms with Gasteiger partial charge in [0.2, 0.25) is 0 Å². The molecule has 1 unspecified atom stereocenters. The fraction of sp³-hybridized carbons (Fsp3) is 0.263. The molecular formula is C57H54O4. The predicted octanol–water partition coefficient (Wildman–Crippen LogP) is 14.5. The maximum atomic E-state index is 10.3. The van der Waals surface area contributed by atoms with Gasteiger partial charge in [-0.05, 0) is 135 Å². The van der Waals surface area contributed by atoms with E-state index in [1.807, 2.05) is 30.3 Å². The molecule has 4 heteroatoms. The van der Waals surface area contributed by atoms with Crippen molar-refractivity contribution in [2.24, 2.45) is 0 Å². The summed E-state index contributed by atoms with van der Waals surface area (Å²) in [6.45, 7) is 9.38.